The number of rotatable bonds is 4. The zero-order valence-corrected chi connectivity index (χ0v) is 17.7. The van der Waals surface area contributed by atoms with Crippen molar-refractivity contribution in [2.45, 2.75) is 79.1 Å². The Bertz CT molecular complexity index is 573. The number of nitrogens with zero attached hydrogens (tertiary/aromatic N) is 3. The highest BCUT2D eigenvalue weighted by Crippen LogP contribution is 2.32. The second-order valence-corrected chi connectivity index (χ2v) is 8.67. The van der Waals surface area contributed by atoms with Gasteiger partial charge < -0.3 is 14.8 Å². The van der Waals surface area contributed by atoms with Crippen molar-refractivity contribution in [2.75, 3.05) is 24.6 Å². The fourth-order valence-corrected chi connectivity index (χ4v) is 2.99. The van der Waals surface area contributed by atoms with E-state index in [2.05, 4.69) is 25.7 Å². The third-order valence-electron chi connectivity index (χ3n) is 4.50. The van der Waals surface area contributed by atoms with Crippen LogP contribution in [0.1, 0.15) is 83.7 Å². The van der Waals surface area contributed by atoms with Gasteiger partial charge in [0, 0.05) is 42.3 Å². The fourth-order valence-electron chi connectivity index (χ4n) is 2.99. The highest BCUT2D eigenvalue weighted by molar-refractivity contribution is 5.63. The molecule has 148 valence electrons. The highest BCUT2D eigenvalue weighted by Gasteiger charge is 2.27. The zero-order valence-electron chi connectivity index (χ0n) is 17.7. The number of aldehydes is 1. The largest absolute Gasteiger partial charge is 0.396 e. The molecule has 26 heavy (non-hydrogen) atoms. The first kappa shape index (κ1) is 22.6. The number of hydrogen-bond donors (Lipinski definition) is 1. The van der Waals surface area contributed by atoms with Gasteiger partial charge in [-0.1, -0.05) is 41.5 Å². The summed E-state index contributed by atoms with van der Waals surface area (Å²) >= 11 is 0. The van der Waals surface area contributed by atoms with Gasteiger partial charge in [0.25, 0.3) is 0 Å². The third-order valence-corrected chi connectivity index (χ3v) is 4.50. The molecule has 1 atom stereocenters. The lowest BCUT2D eigenvalue weighted by Crippen LogP contribution is -2.32. The summed E-state index contributed by atoms with van der Waals surface area (Å²) in [7, 11) is 0. The van der Waals surface area contributed by atoms with Crippen molar-refractivity contribution < 1.29 is 9.90 Å². The van der Waals surface area contributed by atoms with Crippen LogP contribution in [0.15, 0.2) is 0 Å². The molecule has 5 nitrogen and oxygen atoms in total. The molecule has 1 N–H and O–H groups in total. The van der Waals surface area contributed by atoms with Crippen LogP contribution in [0.25, 0.3) is 0 Å². The van der Waals surface area contributed by atoms with Crippen molar-refractivity contribution in [3.63, 3.8) is 0 Å². The van der Waals surface area contributed by atoms with Crippen LogP contribution in [0.3, 0.4) is 0 Å². The van der Waals surface area contributed by atoms with E-state index >= 15 is 0 Å². The number of aliphatic hydroxyl groups is 1. The molecule has 1 unspecified atom stereocenters. The first-order valence-electron chi connectivity index (χ1n) is 9.81. The summed E-state index contributed by atoms with van der Waals surface area (Å²) in [5.41, 5.74) is 2.86. The SMILES string of the molecule is CC(C)CO.Cc1nc(N2CCCCC2)nc(C(C)(C)C)c1C(C)C=O. The number of aryl methyl sites for hydroxylation is 1. The van der Waals surface area contributed by atoms with Gasteiger partial charge in [-0.15, -0.1) is 0 Å². The van der Waals surface area contributed by atoms with Crippen LogP contribution in [0.2, 0.25) is 0 Å². The molecule has 0 radical (unpaired) electrons. The summed E-state index contributed by atoms with van der Waals surface area (Å²) < 4.78 is 0. The summed E-state index contributed by atoms with van der Waals surface area (Å²) in [6, 6.07) is 0. The summed E-state index contributed by atoms with van der Waals surface area (Å²) in [6.07, 6.45) is 4.70. The monoisotopic (exact) mass is 363 g/mol. The van der Waals surface area contributed by atoms with E-state index < -0.39 is 0 Å². The number of carbonyl (C=O) groups excluding carboxylic acids is 1. The Morgan fingerprint density at radius 2 is 1.65 bits per heavy atom. The molecule has 5 heteroatoms. The Labute approximate surface area is 159 Å². The van der Waals surface area contributed by atoms with Crippen LogP contribution in [0.4, 0.5) is 5.95 Å². The molecule has 0 aliphatic carbocycles. The van der Waals surface area contributed by atoms with Gasteiger partial charge in [-0.05, 0) is 32.1 Å². The Kier molecular flexibility index (Phi) is 8.68. The molecular weight excluding hydrogens is 326 g/mol. The lowest BCUT2D eigenvalue weighted by Gasteiger charge is -2.30. The van der Waals surface area contributed by atoms with Gasteiger partial charge in [-0.25, -0.2) is 9.97 Å². The molecule has 1 saturated heterocycles. The van der Waals surface area contributed by atoms with Crippen molar-refractivity contribution >= 4 is 12.2 Å². The van der Waals surface area contributed by atoms with Crippen LogP contribution in [-0.2, 0) is 10.2 Å². The van der Waals surface area contributed by atoms with Crippen molar-refractivity contribution in [1.82, 2.24) is 9.97 Å². The third kappa shape index (κ3) is 6.35. The lowest BCUT2D eigenvalue weighted by atomic mass is 9.84. The van der Waals surface area contributed by atoms with Crippen molar-refractivity contribution in [2.24, 2.45) is 5.92 Å². The molecule has 2 heterocycles. The van der Waals surface area contributed by atoms with Crippen LogP contribution >= 0.6 is 0 Å². The molecule has 1 aromatic rings. The first-order valence-corrected chi connectivity index (χ1v) is 9.81. The highest BCUT2D eigenvalue weighted by atomic mass is 16.3. The first-order chi connectivity index (χ1) is 12.1. The molecule has 1 aliphatic rings. The lowest BCUT2D eigenvalue weighted by molar-refractivity contribution is -0.108. The van der Waals surface area contributed by atoms with Gasteiger partial charge in [0.2, 0.25) is 5.95 Å². The Morgan fingerprint density at radius 1 is 1.12 bits per heavy atom. The quantitative estimate of drug-likeness (QED) is 0.819. The molecule has 0 saturated carbocycles. The zero-order chi connectivity index (χ0) is 19.9. The minimum absolute atomic E-state index is 0.0924. The van der Waals surface area contributed by atoms with E-state index in [9.17, 15) is 4.79 Å². The van der Waals surface area contributed by atoms with E-state index in [1.807, 2.05) is 27.7 Å². The number of anilines is 1. The predicted octanol–water partition coefficient (Wildman–Crippen LogP) is 4.01. The number of aliphatic hydroxyl groups excluding tert-OH is 1. The summed E-state index contributed by atoms with van der Waals surface area (Å²) in [5.74, 6) is 1.11. The Morgan fingerprint density at radius 3 is 2.08 bits per heavy atom. The topological polar surface area (TPSA) is 66.3 Å². The van der Waals surface area contributed by atoms with Gasteiger partial charge in [-0.3, -0.25) is 0 Å². The van der Waals surface area contributed by atoms with E-state index in [-0.39, 0.29) is 11.3 Å². The Balaban J connectivity index is 0.000000597. The van der Waals surface area contributed by atoms with E-state index in [4.69, 9.17) is 15.1 Å². The van der Waals surface area contributed by atoms with Gasteiger partial charge in [0.05, 0.1) is 5.69 Å². The maximum absolute atomic E-state index is 11.3. The molecule has 0 aromatic carbocycles. The van der Waals surface area contributed by atoms with Crippen molar-refractivity contribution in [3.05, 3.63) is 17.0 Å². The van der Waals surface area contributed by atoms with Gasteiger partial charge >= 0.3 is 0 Å². The smallest absolute Gasteiger partial charge is 0.225 e. The minimum Gasteiger partial charge on any atom is -0.396 e. The fraction of sp³-hybridized carbons (Fsp3) is 0.762. The Hall–Kier alpha value is -1.49. The number of piperidine rings is 1. The summed E-state index contributed by atoms with van der Waals surface area (Å²) in [4.78, 5) is 23.1. The molecule has 2 rings (SSSR count). The van der Waals surface area contributed by atoms with Gasteiger partial charge in [0.1, 0.15) is 6.29 Å². The van der Waals surface area contributed by atoms with Gasteiger partial charge in [-0.2, -0.15) is 0 Å². The second kappa shape index (κ2) is 10.0. The van der Waals surface area contributed by atoms with Crippen LogP contribution < -0.4 is 4.90 Å². The number of aromatic nitrogens is 2. The molecule has 0 amide bonds. The van der Waals surface area contributed by atoms with Crippen molar-refractivity contribution in [3.8, 4) is 0 Å². The maximum Gasteiger partial charge on any atom is 0.225 e. The molecule has 0 bridgehead atoms. The van der Waals surface area contributed by atoms with Gasteiger partial charge in [0.15, 0.2) is 0 Å². The summed E-state index contributed by atoms with van der Waals surface area (Å²) in [5, 5.41) is 8.14. The van der Waals surface area contributed by atoms with Crippen LogP contribution in [-0.4, -0.2) is 41.1 Å². The average molecular weight is 364 g/mol. The molecule has 1 fully saturated rings. The molecule has 1 aliphatic heterocycles. The maximum atomic E-state index is 11.3. The van der Waals surface area contributed by atoms with Crippen LogP contribution in [0.5, 0.6) is 0 Å². The van der Waals surface area contributed by atoms with E-state index in [1.54, 1.807) is 0 Å². The minimum atomic E-state index is -0.158. The van der Waals surface area contributed by atoms with E-state index in [0.29, 0.717) is 12.5 Å². The van der Waals surface area contributed by atoms with Crippen LogP contribution in [0, 0.1) is 12.8 Å². The molecular formula is C21H37N3O2. The number of carbonyl (C=O) groups is 1. The summed E-state index contributed by atoms with van der Waals surface area (Å²) in [6.45, 7) is 16.7. The van der Waals surface area contributed by atoms with E-state index in [0.717, 1.165) is 42.3 Å². The standard InChI is InChI=1S/C17H27N3O.C4H10O/c1-12(11-21)14-13(2)18-16(19-15(14)17(3,4)5)20-9-7-6-8-10-20;1-4(2)3-5/h11-12H,6-10H2,1-5H3;4-5H,3H2,1-2H3. The molecule has 1 aromatic heterocycles. The molecule has 0 spiro atoms. The predicted molar refractivity (Wildman–Crippen MR) is 108 cm³/mol. The second-order valence-electron chi connectivity index (χ2n) is 8.67. The van der Waals surface area contributed by atoms with E-state index in [1.165, 1.54) is 19.3 Å². The normalized spacial score (nSPS) is 16.1. The average Bonchev–Trinajstić information content (AvgIpc) is 2.60. The number of hydrogen-bond acceptors (Lipinski definition) is 5. The van der Waals surface area contributed by atoms with Crippen molar-refractivity contribution in [1.29, 1.82) is 0 Å².